The normalized spacial score (nSPS) is 11.8. The maximum absolute atomic E-state index is 14.4. The topological polar surface area (TPSA) is 96.0 Å². The molecule has 4 aromatic rings. The summed E-state index contributed by atoms with van der Waals surface area (Å²) in [6.45, 7) is 3.72. The molecule has 0 radical (unpaired) electrons. The van der Waals surface area contributed by atoms with E-state index < -0.39 is 46.1 Å². The van der Waals surface area contributed by atoms with E-state index in [1.165, 1.54) is 41.3 Å². The first kappa shape index (κ1) is 34.1. The molecule has 4 rings (SSSR count). The fourth-order valence-electron chi connectivity index (χ4n) is 4.84. The number of hydrogen-bond acceptors (Lipinski definition) is 5. The first-order chi connectivity index (χ1) is 22.1. The van der Waals surface area contributed by atoms with E-state index in [-0.39, 0.29) is 23.5 Å². The Kier molecular flexibility index (Phi) is 11.9. The SMILES string of the molecule is CCCNC(=O)[C@H](Cc1ccccc1)N(Cc1ccc(F)cc1)C(=O)CN(c1ccc(OCC)cc1)S(=O)(=O)c1ccc(F)cc1. The van der Waals surface area contributed by atoms with Gasteiger partial charge in [0.05, 0.1) is 17.2 Å². The van der Waals surface area contributed by atoms with Gasteiger partial charge in [0.1, 0.15) is 30.0 Å². The Labute approximate surface area is 268 Å². The van der Waals surface area contributed by atoms with E-state index in [2.05, 4.69) is 5.32 Å². The number of rotatable bonds is 15. The van der Waals surface area contributed by atoms with Crippen LogP contribution in [-0.2, 0) is 32.6 Å². The van der Waals surface area contributed by atoms with Crippen LogP contribution in [0.2, 0.25) is 0 Å². The van der Waals surface area contributed by atoms with Crippen LogP contribution in [0.5, 0.6) is 5.75 Å². The van der Waals surface area contributed by atoms with Gasteiger partial charge in [-0.2, -0.15) is 0 Å². The number of nitrogens with one attached hydrogen (secondary N) is 1. The highest BCUT2D eigenvalue weighted by Crippen LogP contribution is 2.27. The van der Waals surface area contributed by atoms with Crippen LogP contribution in [0, 0.1) is 11.6 Å². The Bertz CT molecular complexity index is 1690. The number of benzene rings is 4. The molecule has 0 aromatic heterocycles. The van der Waals surface area contributed by atoms with E-state index in [9.17, 15) is 26.8 Å². The molecule has 1 N–H and O–H groups in total. The number of nitrogens with zero attached hydrogens (tertiary/aromatic N) is 2. The van der Waals surface area contributed by atoms with Gasteiger partial charge in [0.25, 0.3) is 10.0 Å². The van der Waals surface area contributed by atoms with E-state index in [0.29, 0.717) is 30.9 Å². The van der Waals surface area contributed by atoms with Gasteiger partial charge in [-0.25, -0.2) is 17.2 Å². The van der Waals surface area contributed by atoms with Crippen molar-refractivity contribution in [3.05, 3.63) is 126 Å². The maximum atomic E-state index is 14.4. The minimum atomic E-state index is -4.39. The zero-order chi connectivity index (χ0) is 33.1. The van der Waals surface area contributed by atoms with Crippen LogP contribution in [0.1, 0.15) is 31.4 Å². The Morgan fingerprint density at radius 2 is 1.41 bits per heavy atom. The first-order valence-electron chi connectivity index (χ1n) is 15.0. The third kappa shape index (κ3) is 8.91. The van der Waals surface area contributed by atoms with Crippen LogP contribution < -0.4 is 14.4 Å². The Morgan fingerprint density at radius 3 is 2.00 bits per heavy atom. The molecular formula is C35H37F2N3O5S. The summed E-state index contributed by atoms with van der Waals surface area (Å²) in [6, 6.07) is 24.2. The molecule has 0 unspecified atom stereocenters. The number of carbonyl (C=O) groups excluding carboxylic acids is 2. The van der Waals surface area contributed by atoms with E-state index in [1.54, 1.807) is 12.1 Å². The Balaban J connectivity index is 1.79. The monoisotopic (exact) mass is 649 g/mol. The Hall–Kier alpha value is -4.77. The molecule has 0 fully saturated rings. The zero-order valence-electron chi connectivity index (χ0n) is 25.7. The summed E-state index contributed by atoms with van der Waals surface area (Å²) in [4.78, 5) is 29.2. The standard InChI is InChI=1S/C35H37F2N3O5S/c1-3-22-38-35(42)33(23-26-8-6-5-7-9-26)39(24-27-10-12-28(36)13-11-27)34(41)25-40(30-16-18-31(19-17-30)45-4-2)46(43,44)32-20-14-29(37)15-21-32/h5-21,33H,3-4,22-25H2,1-2H3,(H,38,42)/t33-/m0/s1. The van der Waals surface area contributed by atoms with Crippen molar-refractivity contribution in [2.45, 2.75) is 44.2 Å². The van der Waals surface area contributed by atoms with Crippen molar-refractivity contribution >= 4 is 27.5 Å². The fraction of sp³-hybridized carbons (Fsp3) is 0.257. The van der Waals surface area contributed by atoms with E-state index in [1.807, 2.05) is 44.2 Å². The van der Waals surface area contributed by atoms with Crippen LogP contribution in [0.4, 0.5) is 14.5 Å². The van der Waals surface area contributed by atoms with Crippen molar-refractivity contribution < 1.29 is 31.5 Å². The van der Waals surface area contributed by atoms with Crippen molar-refractivity contribution in [3.63, 3.8) is 0 Å². The lowest BCUT2D eigenvalue weighted by molar-refractivity contribution is -0.140. The van der Waals surface area contributed by atoms with Gasteiger partial charge < -0.3 is 15.0 Å². The van der Waals surface area contributed by atoms with Crippen molar-refractivity contribution in [1.29, 1.82) is 0 Å². The first-order valence-corrected chi connectivity index (χ1v) is 16.4. The van der Waals surface area contributed by atoms with Gasteiger partial charge in [-0.15, -0.1) is 0 Å². The predicted molar refractivity (Wildman–Crippen MR) is 173 cm³/mol. The highest BCUT2D eigenvalue weighted by Gasteiger charge is 2.34. The largest absolute Gasteiger partial charge is 0.494 e. The highest BCUT2D eigenvalue weighted by molar-refractivity contribution is 7.92. The predicted octanol–water partition coefficient (Wildman–Crippen LogP) is 5.73. The fourth-order valence-corrected chi connectivity index (χ4v) is 6.26. The lowest BCUT2D eigenvalue weighted by Gasteiger charge is -2.34. The molecule has 0 saturated heterocycles. The maximum Gasteiger partial charge on any atom is 0.264 e. The van der Waals surface area contributed by atoms with E-state index in [0.717, 1.165) is 34.1 Å². The molecule has 0 aliphatic rings. The molecule has 0 aliphatic carbocycles. The van der Waals surface area contributed by atoms with Gasteiger partial charge in [-0.1, -0.05) is 49.4 Å². The van der Waals surface area contributed by atoms with Gasteiger partial charge in [0.2, 0.25) is 11.8 Å². The molecule has 0 bridgehead atoms. The second-order valence-corrected chi connectivity index (χ2v) is 12.4. The molecule has 0 spiro atoms. The van der Waals surface area contributed by atoms with Gasteiger partial charge in [0.15, 0.2) is 0 Å². The second kappa shape index (κ2) is 16.0. The average molecular weight is 650 g/mol. The van der Waals surface area contributed by atoms with Crippen LogP contribution in [0.15, 0.2) is 108 Å². The van der Waals surface area contributed by atoms with Crippen molar-refractivity contribution in [3.8, 4) is 5.75 Å². The molecule has 8 nitrogen and oxygen atoms in total. The molecule has 1 atom stereocenters. The third-order valence-corrected chi connectivity index (χ3v) is 8.99. The van der Waals surface area contributed by atoms with Gasteiger partial charge in [-0.05, 0) is 85.1 Å². The van der Waals surface area contributed by atoms with E-state index in [4.69, 9.17) is 4.74 Å². The number of ether oxygens (including phenoxy) is 1. The molecule has 0 heterocycles. The van der Waals surface area contributed by atoms with E-state index >= 15 is 0 Å². The number of sulfonamides is 1. The van der Waals surface area contributed by atoms with Crippen LogP contribution in [0.25, 0.3) is 0 Å². The van der Waals surface area contributed by atoms with Gasteiger partial charge in [0, 0.05) is 19.5 Å². The minimum absolute atomic E-state index is 0.0934. The quantitative estimate of drug-likeness (QED) is 0.178. The van der Waals surface area contributed by atoms with Gasteiger partial charge >= 0.3 is 0 Å². The highest BCUT2D eigenvalue weighted by atomic mass is 32.2. The molecular weight excluding hydrogens is 612 g/mol. The number of halogens is 2. The summed E-state index contributed by atoms with van der Waals surface area (Å²) in [5, 5.41) is 2.87. The lowest BCUT2D eigenvalue weighted by atomic mass is 10.0. The molecule has 0 aliphatic heterocycles. The van der Waals surface area contributed by atoms with Gasteiger partial charge in [-0.3, -0.25) is 13.9 Å². The summed E-state index contributed by atoms with van der Waals surface area (Å²) >= 11 is 0. The molecule has 242 valence electrons. The third-order valence-electron chi connectivity index (χ3n) is 7.20. The van der Waals surface area contributed by atoms with Crippen molar-refractivity contribution in [2.75, 3.05) is 24.0 Å². The van der Waals surface area contributed by atoms with Crippen molar-refractivity contribution in [2.24, 2.45) is 0 Å². The number of amides is 2. The lowest BCUT2D eigenvalue weighted by Crippen LogP contribution is -2.53. The number of anilines is 1. The Morgan fingerprint density at radius 1 is 0.804 bits per heavy atom. The average Bonchev–Trinajstić information content (AvgIpc) is 3.06. The van der Waals surface area contributed by atoms with Crippen LogP contribution in [-0.4, -0.2) is 50.9 Å². The molecule has 4 aromatic carbocycles. The molecule has 46 heavy (non-hydrogen) atoms. The summed E-state index contributed by atoms with van der Waals surface area (Å²) in [5.41, 5.74) is 1.50. The summed E-state index contributed by atoms with van der Waals surface area (Å²) < 4.78 is 62.0. The molecule has 0 saturated carbocycles. The smallest absolute Gasteiger partial charge is 0.264 e. The second-order valence-electron chi connectivity index (χ2n) is 10.5. The van der Waals surface area contributed by atoms with Crippen molar-refractivity contribution in [1.82, 2.24) is 10.2 Å². The molecule has 11 heteroatoms. The minimum Gasteiger partial charge on any atom is -0.494 e. The molecule has 2 amide bonds. The van der Waals surface area contributed by atoms with Crippen LogP contribution in [0.3, 0.4) is 0 Å². The summed E-state index contributed by atoms with van der Waals surface area (Å²) in [7, 11) is -4.39. The number of carbonyl (C=O) groups is 2. The summed E-state index contributed by atoms with van der Waals surface area (Å²) in [5.74, 6) is -1.65. The van der Waals surface area contributed by atoms with Crippen LogP contribution >= 0.6 is 0 Å². The number of hydrogen-bond donors (Lipinski definition) is 1. The zero-order valence-corrected chi connectivity index (χ0v) is 26.6. The summed E-state index contributed by atoms with van der Waals surface area (Å²) in [6.07, 6.45) is 0.814.